The van der Waals surface area contributed by atoms with Crippen LogP contribution in [0.2, 0.25) is 0 Å². The summed E-state index contributed by atoms with van der Waals surface area (Å²) in [5, 5.41) is 4.23. The molecule has 1 fully saturated rings. The summed E-state index contributed by atoms with van der Waals surface area (Å²) < 4.78 is 1.91. The Hall–Kier alpha value is -2.24. The van der Waals surface area contributed by atoms with Crippen LogP contribution in [0.3, 0.4) is 0 Å². The quantitative estimate of drug-likeness (QED) is 0.807. The van der Waals surface area contributed by atoms with E-state index >= 15 is 0 Å². The van der Waals surface area contributed by atoms with E-state index in [2.05, 4.69) is 15.1 Å². The summed E-state index contributed by atoms with van der Waals surface area (Å²) in [5.41, 5.74) is 1.22. The first-order valence-corrected chi connectivity index (χ1v) is 6.31. The molecule has 2 aromatic heterocycles. The Balaban J connectivity index is 1.71. The number of carbonyl (C=O) groups excluding carboxylic acids is 1. The number of hydrogen-bond donors (Lipinski definition) is 0. The number of hydrogen-bond acceptors (Lipinski definition) is 4. The summed E-state index contributed by atoms with van der Waals surface area (Å²) in [6, 6.07) is 2.16. The van der Waals surface area contributed by atoms with Crippen molar-refractivity contribution < 1.29 is 4.79 Å². The van der Waals surface area contributed by atoms with Crippen LogP contribution in [-0.4, -0.2) is 43.6 Å². The van der Waals surface area contributed by atoms with Gasteiger partial charge in [0.1, 0.15) is 5.69 Å². The van der Waals surface area contributed by atoms with Crippen molar-refractivity contribution in [3.05, 3.63) is 42.2 Å². The first kappa shape index (κ1) is 11.8. The molecule has 1 aliphatic heterocycles. The van der Waals surface area contributed by atoms with Gasteiger partial charge in [-0.15, -0.1) is 0 Å². The molecule has 0 bridgehead atoms. The number of amides is 1. The second kappa shape index (κ2) is 4.79. The van der Waals surface area contributed by atoms with Crippen LogP contribution in [0.5, 0.6) is 0 Å². The van der Waals surface area contributed by atoms with Crippen LogP contribution in [0, 0.1) is 6.92 Å². The van der Waals surface area contributed by atoms with Gasteiger partial charge in [-0.05, 0) is 19.4 Å². The molecule has 1 atom stereocenters. The van der Waals surface area contributed by atoms with E-state index in [1.54, 1.807) is 18.6 Å². The van der Waals surface area contributed by atoms with Crippen molar-refractivity contribution in [2.75, 3.05) is 13.1 Å². The van der Waals surface area contributed by atoms with Gasteiger partial charge in [-0.25, -0.2) is 4.98 Å². The fourth-order valence-corrected chi connectivity index (χ4v) is 2.30. The molecular weight excluding hydrogens is 242 g/mol. The van der Waals surface area contributed by atoms with Gasteiger partial charge >= 0.3 is 0 Å². The number of likely N-dealkylation sites (tertiary alicyclic amines) is 1. The van der Waals surface area contributed by atoms with Gasteiger partial charge in [0.25, 0.3) is 5.91 Å². The summed E-state index contributed by atoms with van der Waals surface area (Å²) >= 11 is 0. The minimum atomic E-state index is -0.0536. The molecule has 0 aromatic carbocycles. The van der Waals surface area contributed by atoms with Crippen LogP contribution < -0.4 is 0 Å². The number of aryl methyl sites for hydroxylation is 1. The van der Waals surface area contributed by atoms with E-state index in [1.165, 1.54) is 0 Å². The van der Waals surface area contributed by atoms with Crippen LogP contribution in [0.1, 0.15) is 28.6 Å². The lowest BCUT2D eigenvalue weighted by Gasteiger charge is -2.16. The zero-order chi connectivity index (χ0) is 13.2. The van der Waals surface area contributed by atoms with Crippen molar-refractivity contribution in [3.8, 4) is 0 Å². The molecule has 19 heavy (non-hydrogen) atoms. The zero-order valence-electron chi connectivity index (χ0n) is 10.7. The van der Waals surface area contributed by atoms with Crippen LogP contribution in [0.4, 0.5) is 0 Å². The van der Waals surface area contributed by atoms with Crippen molar-refractivity contribution in [3.63, 3.8) is 0 Å². The van der Waals surface area contributed by atoms with E-state index in [9.17, 15) is 4.79 Å². The van der Waals surface area contributed by atoms with E-state index in [0.717, 1.165) is 18.7 Å². The summed E-state index contributed by atoms with van der Waals surface area (Å²) in [4.78, 5) is 22.3. The van der Waals surface area contributed by atoms with Crippen molar-refractivity contribution in [2.45, 2.75) is 19.4 Å². The molecule has 98 valence electrons. The molecule has 6 heteroatoms. The SMILES string of the molecule is Cc1cnc(C(=O)N2CCC(n3cccn3)C2)cn1. The molecule has 0 spiro atoms. The first-order chi connectivity index (χ1) is 9.24. The fraction of sp³-hybridized carbons (Fsp3) is 0.385. The lowest BCUT2D eigenvalue weighted by Crippen LogP contribution is -2.30. The van der Waals surface area contributed by atoms with Gasteiger partial charge < -0.3 is 4.90 Å². The molecule has 1 aliphatic rings. The molecule has 1 saturated heterocycles. The topological polar surface area (TPSA) is 63.9 Å². The molecule has 3 heterocycles. The van der Waals surface area contributed by atoms with Crippen LogP contribution in [0.25, 0.3) is 0 Å². The third kappa shape index (κ3) is 2.33. The molecule has 0 radical (unpaired) electrons. The van der Waals surface area contributed by atoms with Gasteiger partial charge in [0.05, 0.1) is 17.9 Å². The molecule has 0 aliphatic carbocycles. The Morgan fingerprint density at radius 2 is 2.26 bits per heavy atom. The highest BCUT2D eigenvalue weighted by Crippen LogP contribution is 2.21. The summed E-state index contributed by atoms with van der Waals surface area (Å²) in [6.07, 6.45) is 7.78. The van der Waals surface area contributed by atoms with E-state index in [1.807, 2.05) is 28.8 Å². The van der Waals surface area contributed by atoms with E-state index in [0.29, 0.717) is 12.2 Å². The maximum Gasteiger partial charge on any atom is 0.274 e. The number of carbonyl (C=O) groups is 1. The second-order valence-corrected chi connectivity index (χ2v) is 4.72. The molecule has 3 rings (SSSR count). The Morgan fingerprint density at radius 3 is 2.95 bits per heavy atom. The highest BCUT2D eigenvalue weighted by molar-refractivity contribution is 5.92. The lowest BCUT2D eigenvalue weighted by atomic mass is 10.3. The standard InChI is InChI=1S/C13H15N5O/c1-10-7-15-12(8-14-10)13(19)17-6-3-11(9-17)18-5-2-4-16-18/h2,4-5,7-8,11H,3,6,9H2,1H3. The van der Waals surface area contributed by atoms with Crippen molar-refractivity contribution >= 4 is 5.91 Å². The second-order valence-electron chi connectivity index (χ2n) is 4.72. The van der Waals surface area contributed by atoms with E-state index < -0.39 is 0 Å². The predicted molar refractivity (Wildman–Crippen MR) is 68.6 cm³/mol. The molecule has 2 aromatic rings. The number of rotatable bonds is 2. The van der Waals surface area contributed by atoms with Gasteiger partial charge in [-0.1, -0.05) is 0 Å². The van der Waals surface area contributed by atoms with E-state index in [-0.39, 0.29) is 11.9 Å². The number of nitrogens with zero attached hydrogens (tertiary/aromatic N) is 5. The Morgan fingerprint density at radius 1 is 1.37 bits per heavy atom. The minimum absolute atomic E-state index is 0.0536. The average Bonchev–Trinajstić information content (AvgIpc) is 3.10. The fourth-order valence-electron chi connectivity index (χ4n) is 2.30. The summed E-state index contributed by atoms with van der Waals surface area (Å²) in [5.74, 6) is -0.0536. The zero-order valence-corrected chi connectivity index (χ0v) is 10.7. The van der Waals surface area contributed by atoms with Crippen molar-refractivity contribution in [2.24, 2.45) is 0 Å². The van der Waals surface area contributed by atoms with Crippen molar-refractivity contribution in [1.82, 2.24) is 24.6 Å². The van der Waals surface area contributed by atoms with Gasteiger partial charge in [0, 0.05) is 31.7 Å². The molecule has 6 nitrogen and oxygen atoms in total. The van der Waals surface area contributed by atoms with Gasteiger partial charge in [0.2, 0.25) is 0 Å². The average molecular weight is 257 g/mol. The third-order valence-electron chi connectivity index (χ3n) is 3.35. The van der Waals surface area contributed by atoms with Crippen LogP contribution in [-0.2, 0) is 0 Å². The highest BCUT2D eigenvalue weighted by Gasteiger charge is 2.28. The molecule has 0 N–H and O–H groups in total. The summed E-state index contributed by atoms with van der Waals surface area (Å²) in [6.45, 7) is 3.26. The Kier molecular flexibility index (Phi) is 2.98. The largest absolute Gasteiger partial charge is 0.335 e. The maximum atomic E-state index is 12.3. The normalized spacial score (nSPS) is 18.8. The monoisotopic (exact) mass is 257 g/mol. The van der Waals surface area contributed by atoms with Crippen molar-refractivity contribution in [1.29, 1.82) is 0 Å². The van der Waals surface area contributed by atoms with Crippen LogP contribution in [0.15, 0.2) is 30.9 Å². The lowest BCUT2D eigenvalue weighted by molar-refractivity contribution is 0.0780. The molecule has 1 amide bonds. The van der Waals surface area contributed by atoms with Gasteiger partial charge in [0.15, 0.2) is 0 Å². The predicted octanol–water partition coefficient (Wildman–Crippen LogP) is 1.07. The Labute approximate surface area is 111 Å². The smallest absolute Gasteiger partial charge is 0.274 e. The molecule has 1 unspecified atom stereocenters. The third-order valence-corrected chi connectivity index (χ3v) is 3.35. The molecule has 0 saturated carbocycles. The number of aromatic nitrogens is 4. The highest BCUT2D eigenvalue weighted by atomic mass is 16.2. The van der Waals surface area contributed by atoms with Crippen LogP contribution >= 0.6 is 0 Å². The van der Waals surface area contributed by atoms with Gasteiger partial charge in [-0.3, -0.25) is 14.5 Å². The van der Waals surface area contributed by atoms with Gasteiger partial charge in [-0.2, -0.15) is 5.10 Å². The minimum Gasteiger partial charge on any atom is -0.335 e. The molecular formula is C13H15N5O. The van der Waals surface area contributed by atoms with E-state index in [4.69, 9.17) is 0 Å². The summed E-state index contributed by atoms with van der Waals surface area (Å²) in [7, 11) is 0. The maximum absolute atomic E-state index is 12.3. The first-order valence-electron chi connectivity index (χ1n) is 6.31. The Bertz CT molecular complexity index is 563.